The van der Waals surface area contributed by atoms with Gasteiger partial charge in [0.1, 0.15) is 5.82 Å². The summed E-state index contributed by atoms with van der Waals surface area (Å²) in [6.07, 6.45) is 4.11. The SMILES string of the molecule is COc1cc2c(cc1OC)CN(c1cc(C(=O)N[C@H]3C[C@@H](C)CC(C)(C)C3)c3ccccc3n1)CC2. The Balaban J connectivity index is 1.45. The van der Waals surface area contributed by atoms with Crippen molar-refractivity contribution in [3.05, 3.63) is 59.2 Å². The van der Waals surface area contributed by atoms with Gasteiger partial charge in [0.15, 0.2) is 11.5 Å². The normalized spacial score (nSPS) is 21.1. The van der Waals surface area contributed by atoms with Gasteiger partial charge in [-0.2, -0.15) is 0 Å². The number of benzene rings is 2. The lowest BCUT2D eigenvalue weighted by molar-refractivity contribution is 0.0876. The Morgan fingerprint density at radius 1 is 1.06 bits per heavy atom. The number of carbonyl (C=O) groups is 1. The smallest absolute Gasteiger partial charge is 0.252 e. The highest BCUT2D eigenvalue weighted by Gasteiger charge is 2.33. The number of anilines is 1. The molecule has 36 heavy (non-hydrogen) atoms. The standard InChI is InChI=1S/C30H37N3O3/c1-19-12-22(17-30(2,3)16-19)31-29(34)24-15-28(32-25-9-7-6-8-23(24)25)33-11-10-20-13-26(35-4)27(36-5)14-21(20)18-33/h6-9,13-15,19,22H,10-12,16-18H2,1-5H3,(H,31,34)/t19-,22+/m1/s1. The molecule has 2 aliphatic rings. The number of rotatable bonds is 5. The molecule has 0 radical (unpaired) electrons. The first-order valence-electron chi connectivity index (χ1n) is 13.0. The number of carbonyl (C=O) groups excluding carboxylic acids is 1. The van der Waals surface area contributed by atoms with Crippen LogP contribution in [0.5, 0.6) is 11.5 Å². The van der Waals surface area contributed by atoms with Gasteiger partial charge in [0.05, 0.1) is 25.3 Å². The predicted molar refractivity (Wildman–Crippen MR) is 144 cm³/mol. The van der Waals surface area contributed by atoms with Gasteiger partial charge in [0, 0.05) is 24.5 Å². The highest BCUT2D eigenvalue weighted by Crippen LogP contribution is 2.39. The molecule has 1 N–H and O–H groups in total. The van der Waals surface area contributed by atoms with Gasteiger partial charge in [0.2, 0.25) is 0 Å². The molecule has 1 aromatic heterocycles. The van der Waals surface area contributed by atoms with E-state index in [1.165, 1.54) is 17.5 Å². The predicted octanol–water partition coefficient (Wildman–Crippen LogP) is 5.76. The van der Waals surface area contributed by atoms with Gasteiger partial charge in [-0.25, -0.2) is 4.98 Å². The molecule has 0 spiro atoms. The second-order valence-electron chi connectivity index (χ2n) is 11.3. The fraction of sp³-hybridized carbons (Fsp3) is 0.467. The number of aromatic nitrogens is 1. The Morgan fingerprint density at radius 3 is 2.50 bits per heavy atom. The fourth-order valence-electron chi connectivity index (χ4n) is 6.31. The number of methoxy groups -OCH3 is 2. The maximum atomic E-state index is 13.6. The van der Waals surface area contributed by atoms with Crippen LogP contribution < -0.4 is 19.7 Å². The number of nitrogens with one attached hydrogen (secondary N) is 1. The largest absolute Gasteiger partial charge is 0.493 e. The van der Waals surface area contributed by atoms with E-state index in [1.807, 2.05) is 30.3 Å². The number of hydrogen-bond donors (Lipinski definition) is 1. The van der Waals surface area contributed by atoms with E-state index in [1.54, 1.807) is 14.2 Å². The minimum atomic E-state index is -0.00596. The van der Waals surface area contributed by atoms with E-state index < -0.39 is 0 Å². The van der Waals surface area contributed by atoms with Crippen molar-refractivity contribution in [2.24, 2.45) is 11.3 Å². The first-order chi connectivity index (χ1) is 17.3. The summed E-state index contributed by atoms with van der Waals surface area (Å²) in [4.78, 5) is 20.9. The Morgan fingerprint density at radius 2 is 1.78 bits per heavy atom. The molecule has 1 aliphatic heterocycles. The summed E-state index contributed by atoms with van der Waals surface area (Å²) < 4.78 is 11.0. The Labute approximate surface area is 214 Å². The minimum absolute atomic E-state index is 0.00596. The van der Waals surface area contributed by atoms with Gasteiger partial charge >= 0.3 is 0 Å². The summed E-state index contributed by atoms with van der Waals surface area (Å²) in [7, 11) is 3.33. The van der Waals surface area contributed by atoms with Crippen molar-refractivity contribution in [1.82, 2.24) is 10.3 Å². The van der Waals surface area contributed by atoms with Gasteiger partial charge in [0.25, 0.3) is 5.91 Å². The van der Waals surface area contributed by atoms with Crippen LogP contribution in [0, 0.1) is 11.3 Å². The van der Waals surface area contributed by atoms with Crippen LogP contribution in [0.25, 0.3) is 10.9 Å². The van der Waals surface area contributed by atoms with Gasteiger partial charge in [-0.05, 0) is 72.4 Å². The third-order valence-electron chi connectivity index (χ3n) is 7.71. The number of fused-ring (bicyclic) bond motifs is 2. The van der Waals surface area contributed by atoms with Crippen molar-refractivity contribution in [1.29, 1.82) is 0 Å². The highest BCUT2D eigenvalue weighted by atomic mass is 16.5. The molecule has 5 rings (SSSR count). The molecule has 2 heterocycles. The monoisotopic (exact) mass is 487 g/mol. The molecule has 1 amide bonds. The quantitative estimate of drug-likeness (QED) is 0.496. The number of ether oxygens (including phenoxy) is 2. The van der Waals surface area contributed by atoms with Crippen LogP contribution >= 0.6 is 0 Å². The van der Waals surface area contributed by atoms with Crippen molar-refractivity contribution in [2.75, 3.05) is 25.7 Å². The average Bonchev–Trinajstić information content (AvgIpc) is 2.85. The van der Waals surface area contributed by atoms with Gasteiger partial charge < -0.3 is 19.7 Å². The molecule has 190 valence electrons. The van der Waals surface area contributed by atoms with Crippen molar-refractivity contribution in [3.8, 4) is 11.5 Å². The van der Waals surface area contributed by atoms with Gasteiger partial charge in [-0.1, -0.05) is 39.0 Å². The molecule has 1 saturated carbocycles. The maximum Gasteiger partial charge on any atom is 0.252 e. The lowest BCUT2D eigenvalue weighted by Crippen LogP contribution is -2.43. The van der Waals surface area contributed by atoms with Gasteiger partial charge in [-0.3, -0.25) is 4.79 Å². The number of amides is 1. The summed E-state index contributed by atoms with van der Waals surface area (Å²) in [6.45, 7) is 8.43. The van der Waals surface area contributed by atoms with Crippen LogP contribution in [-0.2, 0) is 13.0 Å². The highest BCUT2D eigenvalue weighted by molar-refractivity contribution is 6.07. The summed E-state index contributed by atoms with van der Waals surface area (Å²) in [5, 5.41) is 4.27. The van der Waals surface area contributed by atoms with E-state index in [0.717, 1.165) is 54.0 Å². The van der Waals surface area contributed by atoms with E-state index >= 15 is 0 Å². The maximum absolute atomic E-state index is 13.6. The van der Waals surface area contributed by atoms with Crippen molar-refractivity contribution in [3.63, 3.8) is 0 Å². The zero-order chi connectivity index (χ0) is 25.4. The molecular weight excluding hydrogens is 450 g/mol. The van der Waals surface area contributed by atoms with Crippen LogP contribution in [0.1, 0.15) is 61.5 Å². The molecule has 2 atom stereocenters. The zero-order valence-corrected chi connectivity index (χ0v) is 22.1. The first-order valence-corrected chi connectivity index (χ1v) is 13.0. The number of nitrogens with zero attached hydrogens (tertiary/aromatic N) is 2. The lowest BCUT2D eigenvalue weighted by Gasteiger charge is -2.39. The van der Waals surface area contributed by atoms with Crippen molar-refractivity contribution in [2.45, 2.75) is 59.0 Å². The van der Waals surface area contributed by atoms with Crippen LogP contribution in [0.3, 0.4) is 0 Å². The molecule has 0 unspecified atom stereocenters. The zero-order valence-electron chi connectivity index (χ0n) is 22.1. The summed E-state index contributed by atoms with van der Waals surface area (Å²) in [5.74, 6) is 2.92. The van der Waals surface area contributed by atoms with Gasteiger partial charge in [-0.15, -0.1) is 0 Å². The minimum Gasteiger partial charge on any atom is -0.493 e. The Kier molecular flexibility index (Phi) is 6.54. The molecule has 0 saturated heterocycles. The van der Waals surface area contributed by atoms with E-state index in [9.17, 15) is 4.79 Å². The van der Waals surface area contributed by atoms with Crippen LogP contribution in [0.4, 0.5) is 5.82 Å². The Bertz CT molecular complexity index is 1290. The molecular formula is C30H37N3O3. The van der Waals surface area contributed by atoms with Crippen LogP contribution in [0.2, 0.25) is 0 Å². The second kappa shape index (κ2) is 9.64. The van der Waals surface area contributed by atoms with E-state index in [2.05, 4.69) is 43.1 Å². The van der Waals surface area contributed by atoms with Crippen molar-refractivity contribution < 1.29 is 14.3 Å². The third kappa shape index (κ3) is 4.86. The van der Waals surface area contributed by atoms with Crippen LogP contribution in [0.15, 0.2) is 42.5 Å². The molecule has 6 nitrogen and oxygen atoms in total. The van der Waals surface area contributed by atoms with E-state index in [0.29, 0.717) is 18.0 Å². The topological polar surface area (TPSA) is 63.7 Å². The summed E-state index contributed by atoms with van der Waals surface area (Å²) >= 11 is 0. The van der Waals surface area contributed by atoms with E-state index in [4.69, 9.17) is 14.5 Å². The molecule has 1 fully saturated rings. The number of para-hydroxylation sites is 1. The second-order valence-corrected chi connectivity index (χ2v) is 11.3. The average molecular weight is 488 g/mol. The summed E-state index contributed by atoms with van der Waals surface area (Å²) in [6, 6.07) is 14.2. The van der Waals surface area contributed by atoms with Crippen molar-refractivity contribution >= 4 is 22.6 Å². The number of hydrogen-bond acceptors (Lipinski definition) is 5. The van der Waals surface area contributed by atoms with Crippen LogP contribution in [-0.4, -0.2) is 37.7 Å². The number of pyridine rings is 1. The third-order valence-corrected chi connectivity index (χ3v) is 7.71. The molecule has 3 aromatic rings. The first kappa shape index (κ1) is 24.4. The molecule has 6 heteroatoms. The Hall–Kier alpha value is -3.28. The lowest BCUT2D eigenvalue weighted by atomic mass is 9.70. The summed E-state index contributed by atoms with van der Waals surface area (Å²) in [5.41, 5.74) is 4.24. The molecule has 0 bridgehead atoms. The fourth-order valence-corrected chi connectivity index (χ4v) is 6.31. The molecule has 1 aliphatic carbocycles. The van der Waals surface area contributed by atoms with E-state index in [-0.39, 0.29) is 17.4 Å². The molecule has 2 aromatic carbocycles.